The molecule has 0 unspecified atom stereocenters. The predicted octanol–water partition coefficient (Wildman–Crippen LogP) is 0.281. The van der Waals surface area contributed by atoms with Crippen LogP contribution in [0.4, 0.5) is 0 Å². The maximum atomic E-state index is 10.4. The van der Waals surface area contributed by atoms with Gasteiger partial charge in [0, 0.05) is 58.1 Å². The van der Waals surface area contributed by atoms with Crippen LogP contribution in [0.1, 0.15) is 18.9 Å². The van der Waals surface area contributed by atoms with E-state index in [1.165, 1.54) is 0 Å². The van der Waals surface area contributed by atoms with Crippen molar-refractivity contribution in [1.29, 1.82) is 0 Å². The Morgan fingerprint density at radius 3 is 2.76 bits per heavy atom. The van der Waals surface area contributed by atoms with Crippen LogP contribution in [0.2, 0.25) is 0 Å². The van der Waals surface area contributed by atoms with Crippen LogP contribution >= 0.6 is 0 Å². The molecule has 1 aromatic heterocycles. The number of hydrogen-bond donors (Lipinski definition) is 1. The normalized spacial score (nSPS) is 25.7. The van der Waals surface area contributed by atoms with E-state index in [1.807, 2.05) is 23.1 Å². The summed E-state index contributed by atoms with van der Waals surface area (Å²) in [4.78, 5) is 2.30. The highest BCUT2D eigenvalue weighted by Crippen LogP contribution is 2.27. The van der Waals surface area contributed by atoms with E-state index in [1.54, 1.807) is 0 Å². The minimum Gasteiger partial charge on any atom is -0.388 e. The lowest BCUT2D eigenvalue weighted by Crippen LogP contribution is -2.55. The number of rotatable bonds is 3. The van der Waals surface area contributed by atoms with Crippen molar-refractivity contribution in [2.75, 3.05) is 32.8 Å². The van der Waals surface area contributed by atoms with Gasteiger partial charge in [-0.1, -0.05) is 0 Å². The van der Waals surface area contributed by atoms with E-state index in [0.29, 0.717) is 19.3 Å². The lowest BCUT2D eigenvalue weighted by Gasteiger charge is -2.44. The Labute approximate surface area is 101 Å². The van der Waals surface area contributed by atoms with Gasteiger partial charge in [-0.2, -0.15) is 5.10 Å². The first-order valence-corrected chi connectivity index (χ1v) is 6.27. The molecule has 5 heteroatoms. The van der Waals surface area contributed by atoms with Gasteiger partial charge in [0.05, 0.1) is 11.6 Å². The highest BCUT2D eigenvalue weighted by Gasteiger charge is 2.37. The van der Waals surface area contributed by atoms with Gasteiger partial charge in [-0.3, -0.25) is 9.58 Å². The summed E-state index contributed by atoms with van der Waals surface area (Å²) in [6.45, 7) is 4.13. The minimum atomic E-state index is -0.534. The fourth-order valence-corrected chi connectivity index (χ4v) is 2.66. The molecule has 0 amide bonds. The van der Waals surface area contributed by atoms with Crippen molar-refractivity contribution in [2.24, 2.45) is 0 Å². The van der Waals surface area contributed by atoms with Crippen molar-refractivity contribution in [1.82, 2.24) is 14.7 Å². The van der Waals surface area contributed by atoms with Gasteiger partial charge in [-0.05, 0) is 6.07 Å². The van der Waals surface area contributed by atoms with E-state index < -0.39 is 5.60 Å². The molecule has 0 radical (unpaired) electrons. The number of aromatic nitrogens is 2. The fourth-order valence-electron chi connectivity index (χ4n) is 2.66. The summed E-state index contributed by atoms with van der Waals surface area (Å²) in [5, 5.41) is 14.6. The van der Waals surface area contributed by atoms with E-state index in [2.05, 4.69) is 10.00 Å². The van der Waals surface area contributed by atoms with Crippen molar-refractivity contribution in [3.63, 3.8) is 0 Å². The number of hydrogen-bond acceptors (Lipinski definition) is 4. The molecule has 0 bridgehead atoms. The topological polar surface area (TPSA) is 50.5 Å². The fraction of sp³-hybridized carbons (Fsp3) is 0.750. The van der Waals surface area contributed by atoms with E-state index in [0.717, 1.165) is 32.5 Å². The second-order valence-corrected chi connectivity index (χ2v) is 5.17. The number of likely N-dealkylation sites (tertiary alicyclic amines) is 1. The van der Waals surface area contributed by atoms with Crippen LogP contribution in [-0.2, 0) is 4.74 Å². The lowest BCUT2D eigenvalue weighted by molar-refractivity contribution is -0.0937. The first-order chi connectivity index (χ1) is 8.25. The first kappa shape index (κ1) is 11.2. The molecule has 2 saturated heterocycles. The number of nitrogens with zero attached hydrogens (tertiary/aromatic N) is 3. The van der Waals surface area contributed by atoms with E-state index >= 15 is 0 Å². The highest BCUT2D eigenvalue weighted by molar-refractivity contribution is 4.93. The molecule has 2 fully saturated rings. The maximum Gasteiger partial charge on any atom is 0.0817 e. The zero-order chi connectivity index (χ0) is 11.7. The van der Waals surface area contributed by atoms with Gasteiger partial charge in [-0.15, -0.1) is 0 Å². The van der Waals surface area contributed by atoms with Crippen LogP contribution in [0.15, 0.2) is 18.5 Å². The Balaban J connectivity index is 1.49. The molecule has 17 heavy (non-hydrogen) atoms. The van der Waals surface area contributed by atoms with E-state index in [4.69, 9.17) is 4.74 Å². The van der Waals surface area contributed by atoms with Crippen LogP contribution in [0.3, 0.4) is 0 Å². The molecule has 5 nitrogen and oxygen atoms in total. The monoisotopic (exact) mass is 237 g/mol. The third kappa shape index (κ3) is 2.36. The molecule has 94 valence electrons. The molecule has 3 rings (SSSR count). The predicted molar refractivity (Wildman–Crippen MR) is 62.7 cm³/mol. The van der Waals surface area contributed by atoms with Crippen LogP contribution in [-0.4, -0.2) is 58.2 Å². The van der Waals surface area contributed by atoms with Crippen molar-refractivity contribution in [3.05, 3.63) is 18.5 Å². The summed E-state index contributed by atoms with van der Waals surface area (Å²) in [5.41, 5.74) is -0.534. The van der Waals surface area contributed by atoms with Crippen LogP contribution in [0.5, 0.6) is 0 Å². The average Bonchev–Trinajstić information content (AvgIpc) is 2.77. The molecule has 0 saturated carbocycles. The molecule has 1 aromatic rings. The van der Waals surface area contributed by atoms with Gasteiger partial charge < -0.3 is 9.84 Å². The Morgan fingerprint density at radius 2 is 2.12 bits per heavy atom. The molecule has 0 atom stereocenters. The third-order valence-corrected chi connectivity index (χ3v) is 3.78. The second-order valence-electron chi connectivity index (χ2n) is 5.17. The van der Waals surface area contributed by atoms with Gasteiger partial charge in [0.15, 0.2) is 0 Å². The number of aliphatic hydroxyl groups is 1. The van der Waals surface area contributed by atoms with Gasteiger partial charge in [-0.25, -0.2) is 0 Å². The Morgan fingerprint density at radius 1 is 1.35 bits per heavy atom. The number of β-amino-alcohol motifs (C(OH)–C–C–N with tert-alkyl or cyclic N) is 1. The quantitative estimate of drug-likeness (QED) is 0.820. The smallest absolute Gasteiger partial charge is 0.0817 e. The molecular weight excluding hydrogens is 218 g/mol. The van der Waals surface area contributed by atoms with Crippen molar-refractivity contribution in [2.45, 2.75) is 24.5 Å². The van der Waals surface area contributed by atoms with E-state index in [-0.39, 0.29) is 0 Å². The first-order valence-electron chi connectivity index (χ1n) is 6.27. The Bertz CT molecular complexity index is 354. The summed E-state index contributed by atoms with van der Waals surface area (Å²) < 4.78 is 7.29. The molecule has 3 heterocycles. The largest absolute Gasteiger partial charge is 0.388 e. The van der Waals surface area contributed by atoms with Crippen molar-refractivity contribution in [3.8, 4) is 0 Å². The molecule has 0 aromatic carbocycles. The Kier molecular flexibility index (Phi) is 2.90. The summed E-state index contributed by atoms with van der Waals surface area (Å²) in [7, 11) is 0. The van der Waals surface area contributed by atoms with Crippen molar-refractivity contribution >= 4 is 0 Å². The summed E-state index contributed by atoms with van der Waals surface area (Å²) in [5.74, 6) is 0. The van der Waals surface area contributed by atoms with Crippen LogP contribution < -0.4 is 0 Å². The highest BCUT2D eigenvalue weighted by atomic mass is 16.5. The average molecular weight is 237 g/mol. The third-order valence-electron chi connectivity index (χ3n) is 3.78. The van der Waals surface area contributed by atoms with Gasteiger partial charge in [0.25, 0.3) is 0 Å². The molecular formula is C12H19N3O2. The van der Waals surface area contributed by atoms with Gasteiger partial charge in [0.1, 0.15) is 0 Å². The molecule has 1 N–H and O–H groups in total. The molecule has 0 spiro atoms. The minimum absolute atomic E-state index is 0.480. The summed E-state index contributed by atoms with van der Waals surface area (Å²) in [6.07, 6.45) is 5.34. The zero-order valence-corrected chi connectivity index (χ0v) is 9.96. The zero-order valence-electron chi connectivity index (χ0n) is 9.96. The van der Waals surface area contributed by atoms with Crippen LogP contribution in [0.25, 0.3) is 0 Å². The molecule has 2 aliphatic heterocycles. The molecule has 2 aliphatic rings. The van der Waals surface area contributed by atoms with Crippen LogP contribution in [0, 0.1) is 0 Å². The van der Waals surface area contributed by atoms with E-state index in [9.17, 15) is 5.11 Å². The second kappa shape index (κ2) is 4.40. The molecule has 0 aliphatic carbocycles. The standard InChI is InChI=1S/C12H19N3O2/c16-12(2-6-17-7-3-12)10-14-8-11(9-14)15-5-1-4-13-15/h1,4-5,11,16H,2-3,6-10H2. The summed E-state index contributed by atoms with van der Waals surface area (Å²) in [6, 6.07) is 2.43. The van der Waals surface area contributed by atoms with Gasteiger partial charge >= 0.3 is 0 Å². The number of ether oxygens (including phenoxy) is 1. The SMILES string of the molecule is OC1(CN2CC(n3cccn3)C2)CCOCC1. The summed E-state index contributed by atoms with van der Waals surface area (Å²) >= 11 is 0. The lowest BCUT2D eigenvalue weighted by atomic mass is 9.92. The van der Waals surface area contributed by atoms with Crippen molar-refractivity contribution < 1.29 is 9.84 Å². The van der Waals surface area contributed by atoms with Gasteiger partial charge in [0.2, 0.25) is 0 Å². The maximum absolute atomic E-state index is 10.4. The Hall–Kier alpha value is -0.910.